The van der Waals surface area contributed by atoms with Crippen LogP contribution in [0.3, 0.4) is 0 Å². The number of hydrogen-bond donors (Lipinski definition) is 1. The fourth-order valence-corrected chi connectivity index (χ4v) is 3.37. The van der Waals surface area contributed by atoms with Gasteiger partial charge in [0.25, 0.3) is 5.91 Å². The molecule has 7 heteroatoms. The molecule has 0 aliphatic rings. The highest BCUT2D eigenvalue weighted by molar-refractivity contribution is 7.15. The Kier molecular flexibility index (Phi) is 5.14. The number of carbonyl (C=O) groups excluding carboxylic acids is 2. The Morgan fingerprint density at radius 3 is 2.80 bits per heavy atom. The average Bonchev–Trinajstić information content (AvgIpc) is 3.17. The predicted molar refractivity (Wildman–Crippen MR) is 99.1 cm³/mol. The summed E-state index contributed by atoms with van der Waals surface area (Å²) in [6, 6.07) is 7.03. The Hall–Kier alpha value is -2.67. The van der Waals surface area contributed by atoms with Crippen LogP contribution in [0.15, 0.2) is 42.0 Å². The van der Waals surface area contributed by atoms with E-state index in [0.29, 0.717) is 24.3 Å². The van der Waals surface area contributed by atoms with E-state index in [1.54, 1.807) is 29.2 Å². The summed E-state index contributed by atoms with van der Waals surface area (Å²) in [4.78, 5) is 31.7. The number of thiazole rings is 1. The molecule has 0 saturated heterocycles. The standard InChI is InChI=1S/C18H20N4O2S/c1-3-21(4-2)17(24)13-6-5-7-14(10-13)19-16(23)11-15-12-22-8-9-25-18(22)20-15/h5-10,12H,3-4,11H2,1-2H3,(H,19,23). The van der Waals surface area contributed by atoms with Crippen molar-refractivity contribution >= 4 is 33.8 Å². The lowest BCUT2D eigenvalue weighted by Gasteiger charge is -2.19. The van der Waals surface area contributed by atoms with Crippen molar-refractivity contribution in [3.8, 4) is 0 Å². The molecule has 0 atom stereocenters. The minimum atomic E-state index is -0.154. The minimum Gasteiger partial charge on any atom is -0.339 e. The van der Waals surface area contributed by atoms with Crippen molar-refractivity contribution in [2.75, 3.05) is 18.4 Å². The first-order chi connectivity index (χ1) is 12.1. The van der Waals surface area contributed by atoms with Gasteiger partial charge < -0.3 is 10.2 Å². The number of rotatable bonds is 6. The van der Waals surface area contributed by atoms with Crippen molar-refractivity contribution in [3.63, 3.8) is 0 Å². The highest BCUT2D eigenvalue weighted by atomic mass is 32.1. The molecule has 3 aromatic rings. The minimum absolute atomic E-state index is 0.0320. The van der Waals surface area contributed by atoms with E-state index in [9.17, 15) is 9.59 Å². The lowest BCUT2D eigenvalue weighted by Crippen LogP contribution is -2.30. The Balaban J connectivity index is 1.67. The predicted octanol–water partition coefficient (Wildman–Crippen LogP) is 3.06. The van der Waals surface area contributed by atoms with Gasteiger partial charge in [-0.25, -0.2) is 4.98 Å². The van der Waals surface area contributed by atoms with Crippen molar-refractivity contribution in [3.05, 3.63) is 53.3 Å². The second kappa shape index (κ2) is 7.48. The lowest BCUT2D eigenvalue weighted by molar-refractivity contribution is -0.115. The molecule has 0 aliphatic heterocycles. The van der Waals surface area contributed by atoms with Gasteiger partial charge in [0.15, 0.2) is 4.96 Å². The lowest BCUT2D eigenvalue weighted by atomic mass is 10.1. The molecule has 0 aliphatic carbocycles. The second-order valence-electron chi connectivity index (χ2n) is 5.61. The van der Waals surface area contributed by atoms with Crippen LogP contribution in [-0.2, 0) is 11.2 Å². The first-order valence-corrected chi connectivity index (χ1v) is 9.09. The number of hydrogen-bond acceptors (Lipinski definition) is 4. The van der Waals surface area contributed by atoms with E-state index in [1.807, 2.05) is 36.0 Å². The maximum atomic E-state index is 12.4. The third kappa shape index (κ3) is 3.88. The maximum Gasteiger partial charge on any atom is 0.253 e. The summed E-state index contributed by atoms with van der Waals surface area (Å²) >= 11 is 1.53. The van der Waals surface area contributed by atoms with Crippen molar-refractivity contribution in [2.45, 2.75) is 20.3 Å². The molecule has 0 fully saturated rings. The van der Waals surface area contributed by atoms with Gasteiger partial charge in [0.05, 0.1) is 12.1 Å². The topological polar surface area (TPSA) is 66.7 Å². The van der Waals surface area contributed by atoms with Crippen molar-refractivity contribution in [1.82, 2.24) is 14.3 Å². The molecular weight excluding hydrogens is 336 g/mol. The molecule has 3 rings (SSSR count). The summed E-state index contributed by atoms with van der Waals surface area (Å²) in [6.07, 6.45) is 3.96. The smallest absolute Gasteiger partial charge is 0.253 e. The second-order valence-corrected chi connectivity index (χ2v) is 6.48. The number of amides is 2. The summed E-state index contributed by atoms with van der Waals surface area (Å²) in [5.41, 5.74) is 1.91. The monoisotopic (exact) mass is 356 g/mol. The van der Waals surface area contributed by atoms with Crippen LogP contribution in [0.4, 0.5) is 5.69 Å². The number of imidazole rings is 1. The van der Waals surface area contributed by atoms with Crippen LogP contribution in [0.25, 0.3) is 4.96 Å². The normalized spacial score (nSPS) is 10.8. The highest BCUT2D eigenvalue weighted by Gasteiger charge is 2.14. The molecule has 6 nitrogen and oxygen atoms in total. The summed E-state index contributed by atoms with van der Waals surface area (Å²) in [5, 5.41) is 4.79. The van der Waals surface area contributed by atoms with E-state index < -0.39 is 0 Å². The van der Waals surface area contributed by atoms with E-state index in [-0.39, 0.29) is 18.2 Å². The first-order valence-electron chi connectivity index (χ1n) is 8.21. The van der Waals surface area contributed by atoms with Gasteiger partial charge in [0.2, 0.25) is 5.91 Å². The quantitative estimate of drug-likeness (QED) is 0.738. The van der Waals surface area contributed by atoms with Gasteiger partial charge in [-0.1, -0.05) is 6.07 Å². The first kappa shape index (κ1) is 17.2. The molecule has 2 amide bonds. The zero-order chi connectivity index (χ0) is 17.8. The SMILES string of the molecule is CCN(CC)C(=O)c1cccc(NC(=O)Cc2cn3ccsc3n2)c1. The number of anilines is 1. The van der Waals surface area contributed by atoms with Crippen LogP contribution < -0.4 is 5.32 Å². The van der Waals surface area contributed by atoms with Crippen molar-refractivity contribution < 1.29 is 9.59 Å². The van der Waals surface area contributed by atoms with Crippen molar-refractivity contribution in [1.29, 1.82) is 0 Å². The highest BCUT2D eigenvalue weighted by Crippen LogP contribution is 2.15. The van der Waals surface area contributed by atoms with Gasteiger partial charge in [-0.3, -0.25) is 14.0 Å². The fraction of sp³-hybridized carbons (Fsp3) is 0.278. The van der Waals surface area contributed by atoms with Gasteiger partial charge in [-0.15, -0.1) is 11.3 Å². The van der Waals surface area contributed by atoms with Crippen LogP contribution in [0.5, 0.6) is 0 Å². The number of nitrogens with one attached hydrogen (secondary N) is 1. The average molecular weight is 356 g/mol. The molecule has 1 N–H and O–H groups in total. The molecule has 2 heterocycles. The molecule has 0 radical (unpaired) electrons. The van der Waals surface area contributed by atoms with Gasteiger partial charge in [-0.2, -0.15) is 0 Å². The van der Waals surface area contributed by atoms with E-state index in [0.717, 1.165) is 10.7 Å². The van der Waals surface area contributed by atoms with Crippen LogP contribution in [-0.4, -0.2) is 39.2 Å². The third-order valence-corrected chi connectivity index (χ3v) is 4.70. The molecule has 0 spiro atoms. The van der Waals surface area contributed by atoms with Gasteiger partial charge in [-0.05, 0) is 32.0 Å². The van der Waals surface area contributed by atoms with E-state index >= 15 is 0 Å². The molecule has 0 saturated carbocycles. The zero-order valence-electron chi connectivity index (χ0n) is 14.2. The molecule has 0 unspecified atom stereocenters. The van der Waals surface area contributed by atoms with Crippen LogP contribution in [0.1, 0.15) is 29.9 Å². The Bertz CT molecular complexity index is 867. The number of benzene rings is 1. The molecule has 1 aromatic carbocycles. The number of nitrogens with zero attached hydrogens (tertiary/aromatic N) is 3. The number of aromatic nitrogens is 2. The third-order valence-electron chi connectivity index (χ3n) is 3.93. The maximum absolute atomic E-state index is 12.4. The van der Waals surface area contributed by atoms with Crippen molar-refractivity contribution in [2.24, 2.45) is 0 Å². The molecule has 2 aromatic heterocycles. The Morgan fingerprint density at radius 1 is 1.28 bits per heavy atom. The fourth-order valence-electron chi connectivity index (χ4n) is 2.65. The van der Waals surface area contributed by atoms with Crippen LogP contribution >= 0.6 is 11.3 Å². The summed E-state index contributed by atoms with van der Waals surface area (Å²) in [6.45, 7) is 5.21. The van der Waals surface area contributed by atoms with Gasteiger partial charge in [0, 0.05) is 42.1 Å². The largest absolute Gasteiger partial charge is 0.339 e. The van der Waals surface area contributed by atoms with Gasteiger partial charge in [0.1, 0.15) is 0 Å². The number of carbonyl (C=O) groups is 2. The van der Waals surface area contributed by atoms with E-state index in [2.05, 4.69) is 10.3 Å². The van der Waals surface area contributed by atoms with Gasteiger partial charge >= 0.3 is 0 Å². The summed E-state index contributed by atoms with van der Waals surface area (Å²) < 4.78 is 1.90. The molecule has 0 bridgehead atoms. The number of fused-ring (bicyclic) bond motifs is 1. The molecule has 25 heavy (non-hydrogen) atoms. The summed E-state index contributed by atoms with van der Waals surface area (Å²) in [7, 11) is 0. The Morgan fingerprint density at radius 2 is 2.08 bits per heavy atom. The zero-order valence-corrected chi connectivity index (χ0v) is 15.0. The van der Waals surface area contributed by atoms with Crippen LogP contribution in [0.2, 0.25) is 0 Å². The molecule has 130 valence electrons. The summed E-state index contributed by atoms with van der Waals surface area (Å²) in [5.74, 6) is -0.186. The van der Waals surface area contributed by atoms with E-state index in [4.69, 9.17) is 0 Å². The molecular formula is C18H20N4O2S. The van der Waals surface area contributed by atoms with E-state index in [1.165, 1.54) is 11.3 Å². The Labute approximate surface area is 150 Å². The van der Waals surface area contributed by atoms with Crippen LogP contribution in [0, 0.1) is 0 Å².